The Morgan fingerprint density at radius 2 is 1.68 bits per heavy atom. The van der Waals surface area contributed by atoms with E-state index >= 15 is 0 Å². The predicted molar refractivity (Wildman–Crippen MR) is 116 cm³/mol. The van der Waals surface area contributed by atoms with Crippen molar-refractivity contribution in [2.24, 2.45) is 5.92 Å². The molecule has 1 aromatic heterocycles. The summed E-state index contributed by atoms with van der Waals surface area (Å²) in [6, 6.07) is 1.92. The zero-order valence-corrected chi connectivity index (χ0v) is 19.2. The summed E-state index contributed by atoms with van der Waals surface area (Å²) in [6.45, 7) is 5.53. The predicted octanol–water partition coefficient (Wildman–Crippen LogP) is 3.34. The average molecular weight is 478 g/mol. The molecule has 0 radical (unpaired) electrons. The Bertz CT molecular complexity index is 1000. The molecular weight excluding hydrogens is 452 g/mol. The first-order valence-electron chi connectivity index (χ1n) is 9.62. The number of anilines is 2. The fraction of sp³-hybridized carbons (Fsp3) is 0.526. The molecule has 31 heavy (non-hydrogen) atoms. The number of benzene rings is 1. The standard InChI is InChI=1S/C19H26ClF2N5O3S/c1-10(2)5-13(9-28)23-18-24-16(25-19(26-18)27-31(4,29)30)6-11(3)12-7-14(21)17(20)15(22)8-12/h7-8,10-11,13,28H,5-6,9H2,1-4H3,(H2,23,24,25,26,27)/t11-,13-/m1/s1. The van der Waals surface area contributed by atoms with Crippen LogP contribution in [0.3, 0.4) is 0 Å². The third-order valence-corrected chi connectivity index (χ3v) is 5.25. The minimum Gasteiger partial charge on any atom is -0.394 e. The number of nitrogens with one attached hydrogen (secondary N) is 2. The summed E-state index contributed by atoms with van der Waals surface area (Å²) in [5, 5.41) is 12.0. The summed E-state index contributed by atoms with van der Waals surface area (Å²) in [4.78, 5) is 12.5. The van der Waals surface area contributed by atoms with Crippen LogP contribution >= 0.6 is 11.6 Å². The van der Waals surface area contributed by atoms with Crippen LogP contribution in [0.4, 0.5) is 20.7 Å². The molecule has 0 saturated heterocycles. The lowest BCUT2D eigenvalue weighted by Gasteiger charge is -2.19. The van der Waals surface area contributed by atoms with Gasteiger partial charge in [-0.1, -0.05) is 32.4 Å². The van der Waals surface area contributed by atoms with Crippen LogP contribution < -0.4 is 10.0 Å². The Kier molecular flexibility index (Phi) is 8.49. The minimum absolute atomic E-state index is 0.0801. The highest BCUT2D eigenvalue weighted by Crippen LogP contribution is 2.27. The highest BCUT2D eigenvalue weighted by Gasteiger charge is 2.18. The molecule has 0 amide bonds. The molecule has 2 rings (SSSR count). The van der Waals surface area contributed by atoms with E-state index in [1.807, 2.05) is 13.8 Å². The molecule has 0 aliphatic carbocycles. The molecule has 0 saturated carbocycles. The molecule has 0 unspecified atom stereocenters. The number of nitrogens with zero attached hydrogens (tertiary/aromatic N) is 3. The molecule has 0 fully saturated rings. The highest BCUT2D eigenvalue weighted by molar-refractivity contribution is 7.91. The van der Waals surface area contributed by atoms with Gasteiger partial charge < -0.3 is 10.4 Å². The van der Waals surface area contributed by atoms with Crippen molar-refractivity contribution in [2.45, 2.75) is 45.6 Å². The van der Waals surface area contributed by atoms with Gasteiger partial charge in [-0.15, -0.1) is 0 Å². The van der Waals surface area contributed by atoms with Crippen molar-refractivity contribution in [3.05, 3.63) is 40.2 Å². The van der Waals surface area contributed by atoms with Crippen LogP contribution in [-0.4, -0.2) is 47.4 Å². The molecular formula is C19H26ClF2N5O3S. The van der Waals surface area contributed by atoms with E-state index in [0.29, 0.717) is 12.0 Å². The first kappa shape index (κ1) is 25.2. The quantitative estimate of drug-likeness (QED) is 0.449. The lowest BCUT2D eigenvalue weighted by molar-refractivity contribution is 0.259. The van der Waals surface area contributed by atoms with Gasteiger partial charge in [0.1, 0.15) is 22.5 Å². The molecule has 0 aliphatic heterocycles. The second-order valence-electron chi connectivity index (χ2n) is 7.83. The van der Waals surface area contributed by atoms with Gasteiger partial charge in [0.25, 0.3) is 0 Å². The van der Waals surface area contributed by atoms with Crippen molar-refractivity contribution in [2.75, 3.05) is 22.9 Å². The van der Waals surface area contributed by atoms with Gasteiger partial charge in [-0.25, -0.2) is 17.2 Å². The molecule has 172 valence electrons. The second kappa shape index (κ2) is 10.5. The van der Waals surface area contributed by atoms with Gasteiger partial charge in [-0.05, 0) is 36.0 Å². The zero-order chi connectivity index (χ0) is 23.3. The molecule has 0 bridgehead atoms. The van der Waals surface area contributed by atoms with Crippen molar-refractivity contribution >= 4 is 33.5 Å². The van der Waals surface area contributed by atoms with Gasteiger partial charge in [0.05, 0.1) is 18.9 Å². The number of halogens is 3. The summed E-state index contributed by atoms with van der Waals surface area (Å²) in [6.07, 6.45) is 1.73. The van der Waals surface area contributed by atoms with E-state index in [9.17, 15) is 22.3 Å². The fourth-order valence-corrected chi connectivity index (χ4v) is 3.50. The molecule has 0 spiro atoms. The van der Waals surface area contributed by atoms with E-state index in [4.69, 9.17) is 11.6 Å². The molecule has 2 aromatic rings. The first-order valence-corrected chi connectivity index (χ1v) is 11.9. The monoisotopic (exact) mass is 477 g/mol. The summed E-state index contributed by atoms with van der Waals surface area (Å²) in [7, 11) is -3.65. The van der Waals surface area contributed by atoms with Crippen LogP contribution in [-0.2, 0) is 16.4 Å². The third kappa shape index (κ3) is 7.82. The van der Waals surface area contributed by atoms with Crippen LogP contribution in [0.5, 0.6) is 0 Å². The van der Waals surface area contributed by atoms with E-state index in [1.54, 1.807) is 6.92 Å². The van der Waals surface area contributed by atoms with Gasteiger partial charge in [-0.2, -0.15) is 15.0 Å². The number of aliphatic hydroxyl groups excluding tert-OH is 1. The lowest BCUT2D eigenvalue weighted by Crippen LogP contribution is -2.27. The summed E-state index contributed by atoms with van der Waals surface area (Å²) in [5.74, 6) is -1.79. The van der Waals surface area contributed by atoms with Crippen LogP contribution in [0, 0.1) is 17.6 Å². The molecule has 1 heterocycles. The van der Waals surface area contributed by atoms with Crippen molar-refractivity contribution in [3.8, 4) is 0 Å². The highest BCUT2D eigenvalue weighted by atomic mass is 35.5. The Hall–Kier alpha value is -2.11. The number of hydrogen-bond acceptors (Lipinski definition) is 7. The maximum absolute atomic E-state index is 13.8. The lowest BCUT2D eigenvalue weighted by atomic mass is 9.97. The molecule has 2 atom stereocenters. The van der Waals surface area contributed by atoms with Crippen LogP contribution in [0.2, 0.25) is 5.02 Å². The van der Waals surface area contributed by atoms with Crippen LogP contribution in [0.25, 0.3) is 0 Å². The maximum Gasteiger partial charge on any atom is 0.241 e. The topological polar surface area (TPSA) is 117 Å². The van der Waals surface area contributed by atoms with Gasteiger partial charge in [0.15, 0.2) is 0 Å². The number of aromatic nitrogens is 3. The van der Waals surface area contributed by atoms with E-state index in [-0.39, 0.29) is 42.7 Å². The molecule has 3 N–H and O–H groups in total. The van der Waals surface area contributed by atoms with Gasteiger partial charge in [0.2, 0.25) is 21.9 Å². The molecule has 0 aliphatic rings. The number of rotatable bonds is 10. The van der Waals surface area contributed by atoms with Crippen molar-refractivity contribution in [3.63, 3.8) is 0 Å². The smallest absolute Gasteiger partial charge is 0.241 e. The van der Waals surface area contributed by atoms with Crippen molar-refractivity contribution < 1.29 is 22.3 Å². The number of sulfonamides is 1. The molecule has 8 nitrogen and oxygen atoms in total. The Morgan fingerprint density at radius 1 is 1.10 bits per heavy atom. The summed E-state index contributed by atoms with van der Waals surface area (Å²) in [5.41, 5.74) is 0.347. The number of hydrogen-bond donors (Lipinski definition) is 3. The summed E-state index contributed by atoms with van der Waals surface area (Å²) >= 11 is 5.54. The molecule has 1 aromatic carbocycles. The normalized spacial score (nSPS) is 13.8. The maximum atomic E-state index is 13.8. The van der Waals surface area contributed by atoms with E-state index in [1.165, 1.54) is 0 Å². The fourth-order valence-electron chi connectivity index (χ4n) is 2.97. The Morgan fingerprint density at radius 3 is 2.19 bits per heavy atom. The van der Waals surface area contributed by atoms with E-state index in [0.717, 1.165) is 18.4 Å². The summed E-state index contributed by atoms with van der Waals surface area (Å²) < 4.78 is 53.1. The Balaban J connectivity index is 2.35. The van der Waals surface area contributed by atoms with Crippen LogP contribution in [0.15, 0.2) is 12.1 Å². The second-order valence-corrected chi connectivity index (χ2v) is 9.96. The van der Waals surface area contributed by atoms with Crippen molar-refractivity contribution in [1.29, 1.82) is 0 Å². The van der Waals surface area contributed by atoms with Crippen LogP contribution in [0.1, 0.15) is 44.5 Å². The van der Waals surface area contributed by atoms with E-state index in [2.05, 4.69) is 25.0 Å². The number of aliphatic hydroxyl groups is 1. The first-order chi connectivity index (χ1) is 14.4. The Labute approximate surface area is 185 Å². The van der Waals surface area contributed by atoms with Gasteiger partial charge >= 0.3 is 0 Å². The van der Waals surface area contributed by atoms with Gasteiger partial charge in [-0.3, -0.25) is 4.72 Å². The van der Waals surface area contributed by atoms with Crippen molar-refractivity contribution in [1.82, 2.24) is 15.0 Å². The SMILES string of the molecule is CC(C)C[C@H](CO)Nc1nc(C[C@@H](C)c2cc(F)c(Cl)c(F)c2)nc(NS(C)(=O)=O)n1. The average Bonchev–Trinajstić information content (AvgIpc) is 2.63. The molecule has 12 heteroatoms. The largest absolute Gasteiger partial charge is 0.394 e. The van der Waals surface area contributed by atoms with Gasteiger partial charge in [0, 0.05) is 6.42 Å². The minimum atomic E-state index is -3.65. The van der Waals surface area contributed by atoms with E-state index < -0.39 is 32.6 Å². The zero-order valence-electron chi connectivity index (χ0n) is 17.7. The third-order valence-electron chi connectivity index (χ3n) is 4.33.